The van der Waals surface area contributed by atoms with Gasteiger partial charge in [0.05, 0.1) is 0 Å². The molecule has 0 aliphatic rings. The Morgan fingerprint density at radius 2 is 1.95 bits per heavy atom. The molecule has 1 aromatic rings. The van der Waals surface area contributed by atoms with E-state index >= 15 is 0 Å². The van der Waals surface area contributed by atoms with Crippen LogP contribution in [0.1, 0.15) is 46.0 Å². The minimum Gasteiger partial charge on any atom is -0.243 e. The number of nitrogens with zero attached hydrogens (tertiary/aromatic N) is 1. The highest BCUT2D eigenvalue weighted by Crippen LogP contribution is 2.17. The average Bonchev–Trinajstić information content (AvgIpc) is 2.37. The molecule has 20 heavy (non-hydrogen) atoms. The third kappa shape index (κ3) is 6.20. The van der Waals surface area contributed by atoms with E-state index in [9.17, 15) is 8.42 Å². The predicted molar refractivity (Wildman–Crippen MR) is 82.4 cm³/mol. The Morgan fingerprint density at radius 3 is 2.60 bits per heavy atom. The summed E-state index contributed by atoms with van der Waals surface area (Å²) in [6, 6.07) is 3.02. The van der Waals surface area contributed by atoms with E-state index in [1.165, 1.54) is 25.1 Å². The summed E-state index contributed by atoms with van der Waals surface area (Å²) < 4.78 is 26.6. The average molecular weight is 319 g/mol. The zero-order valence-electron chi connectivity index (χ0n) is 12.1. The molecule has 0 spiro atoms. The molecular weight excluding hydrogens is 296 g/mol. The molecule has 0 bridgehead atoms. The molecule has 0 amide bonds. The largest absolute Gasteiger partial charge is 0.243 e. The number of pyridine rings is 1. The Kier molecular flexibility index (Phi) is 7.48. The molecule has 0 radical (unpaired) electrons. The first-order valence-corrected chi connectivity index (χ1v) is 8.90. The number of hydrogen-bond donors (Lipinski definition) is 1. The smallest absolute Gasteiger partial charge is 0.243 e. The second-order valence-corrected chi connectivity index (χ2v) is 7.38. The summed E-state index contributed by atoms with van der Waals surface area (Å²) >= 11 is 5.79. The molecule has 0 fully saturated rings. The Hall–Kier alpha value is -0.650. The van der Waals surface area contributed by atoms with Crippen molar-refractivity contribution < 1.29 is 8.42 Å². The Labute approximate surface area is 127 Å². The molecule has 0 aliphatic heterocycles. The Balaban J connectivity index is 2.29. The van der Waals surface area contributed by atoms with E-state index in [0.29, 0.717) is 6.54 Å². The zero-order valence-corrected chi connectivity index (χ0v) is 13.7. The van der Waals surface area contributed by atoms with Crippen LogP contribution in [-0.4, -0.2) is 19.9 Å². The molecule has 0 saturated heterocycles. The third-order valence-corrected chi connectivity index (χ3v) is 4.92. The van der Waals surface area contributed by atoms with Crippen molar-refractivity contribution in [1.82, 2.24) is 9.71 Å². The monoisotopic (exact) mass is 318 g/mol. The lowest BCUT2D eigenvalue weighted by molar-refractivity contribution is 0.517. The lowest BCUT2D eigenvalue weighted by Crippen LogP contribution is -2.25. The fourth-order valence-electron chi connectivity index (χ4n) is 1.89. The summed E-state index contributed by atoms with van der Waals surface area (Å²) in [5.74, 6) is 0.737. The molecule has 6 heteroatoms. The van der Waals surface area contributed by atoms with Crippen molar-refractivity contribution in [2.75, 3.05) is 6.54 Å². The lowest BCUT2D eigenvalue weighted by atomic mass is 10.0. The number of rotatable bonds is 9. The van der Waals surface area contributed by atoms with E-state index in [0.717, 1.165) is 25.2 Å². The maximum atomic E-state index is 12.0. The molecule has 0 aromatic carbocycles. The van der Waals surface area contributed by atoms with Crippen LogP contribution in [0, 0.1) is 5.92 Å². The summed E-state index contributed by atoms with van der Waals surface area (Å²) in [7, 11) is -3.54. The van der Waals surface area contributed by atoms with Crippen LogP contribution < -0.4 is 4.72 Å². The van der Waals surface area contributed by atoms with Crippen molar-refractivity contribution in [1.29, 1.82) is 0 Å². The maximum absolute atomic E-state index is 12.0. The van der Waals surface area contributed by atoms with Gasteiger partial charge in [-0.25, -0.2) is 18.1 Å². The highest BCUT2D eigenvalue weighted by atomic mass is 35.5. The summed E-state index contributed by atoms with van der Waals surface area (Å²) in [4.78, 5) is 3.82. The number of nitrogens with one attached hydrogen (secondary N) is 1. The van der Waals surface area contributed by atoms with Gasteiger partial charge in [-0.05, 0) is 24.5 Å². The van der Waals surface area contributed by atoms with Gasteiger partial charge < -0.3 is 0 Å². The predicted octanol–water partition coefficient (Wildman–Crippen LogP) is 3.62. The van der Waals surface area contributed by atoms with E-state index in [1.54, 1.807) is 6.07 Å². The van der Waals surface area contributed by atoms with Gasteiger partial charge in [0, 0.05) is 12.7 Å². The molecular formula is C14H23ClN2O2S. The van der Waals surface area contributed by atoms with Crippen molar-refractivity contribution >= 4 is 21.6 Å². The minimum atomic E-state index is -3.54. The molecule has 1 aromatic heterocycles. The maximum Gasteiger partial charge on any atom is 0.243 e. The van der Waals surface area contributed by atoms with Crippen LogP contribution in [0.25, 0.3) is 0 Å². The number of halogens is 1. The van der Waals surface area contributed by atoms with E-state index in [4.69, 9.17) is 11.6 Å². The standard InChI is InChI=1S/C14H23ClN2O2S/c1-12(2)8-5-3-4-6-11-17-20(18,19)13-9-7-10-16-14(13)15/h7,9-10,12,17H,3-6,8,11H2,1-2H3. The van der Waals surface area contributed by atoms with Crippen LogP contribution in [0.2, 0.25) is 5.15 Å². The van der Waals surface area contributed by atoms with Crippen LogP contribution in [-0.2, 0) is 10.0 Å². The first kappa shape index (κ1) is 17.4. The van der Waals surface area contributed by atoms with Gasteiger partial charge >= 0.3 is 0 Å². The van der Waals surface area contributed by atoms with E-state index in [-0.39, 0.29) is 10.0 Å². The van der Waals surface area contributed by atoms with Gasteiger partial charge in [-0.1, -0.05) is 51.1 Å². The zero-order chi connectivity index (χ0) is 15.0. The quantitative estimate of drug-likeness (QED) is 0.559. The SMILES string of the molecule is CC(C)CCCCCCNS(=O)(=O)c1cccnc1Cl. The van der Waals surface area contributed by atoms with Crippen LogP contribution >= 0.6 is 11.6 Å². The summed E-state index contributed by atoms with van der Waals surface area (Å²) in [6.45, 7) is 4.87. The first-order chi connectivity index (χ1) is 9.43. The van der Waals surface area contributed by atoms with Crippen molar-refractivity contribution in [3.05, 3.63) is 23.5 Å². The summed E-state index contributed by atoms with van der Waals surface area (Å²) in [5, 5.41) is 0.0110. The van der Waals surface area contributed by atoms with Crippen LogP contribution in [0.15, 0.2) is 23.2 Å². The van der Waals surface area contributed by atoms with Crippen LogP contribution in [0.5, 0.6) is 0 Å². The van der Waals surface area contributed by atoms with E-state index in [1.807, 2.05) is 0 Å². The van der Waals surface area contributed by atoms with Crippen LogP contribution in [0.4, 0.5) is 0 Å². The molecule has 0 atom stereocenters. The normalized spacial score (nSPS) is 12.0. The second kappa shape index (κ2) is 8.60. The molecule has 0 saturated carbocycles. The number of hydrogen-bond acceptors (Lipinski definition) is 3. The topological polar surface area (TPSA) is 59.1 Å². The molecule has 4 nitrogen and oxygen atoms in total. The Bertz CT molecular complexity index is 504. The van der Waals surface area contributed by atoms with Gasteiger partial charge in [-0.3, -0.25) is 0 Å². The highest BCUT2D eigenvalue weighted by Gasteiger charge is 2.17. The molecule has 114 valence electrons. The first-order valence-electron chi connectivity index (χ1n) is 7.03. The van der Waals surface area contributed by atoms with E-state index < -0.39 is 10.0 Å². The minimum absolute atomic E-state index is 0.0110. The van der Waals surface area contributed by atoms with Crippen molar-refractivity contribution in [3.63, 3.8) is 0 Å². The third-order valence-electron chi connectivity index (χ3n) is 3.01. The summed E-state index contributed by atoms with van der Waals surface area (Å²) in [5.41, 5.74) is 0. The fourth-order valence-corrected chi connectivity index (χ4v) is 3.41. The molecule has 1 N–H and O–H groups in total. The van der Waals surface area contributed by atoms with Crippen molar-refractivity contribution in [3.8, 4) is 0 Å². The highest BCUT2D eigenvalue weighted by molar-refractivity contribution is 7.89. The van der Waals surface area contributed by atoms with Gasteiger partial charge in [0.2, 0.25) is 10.0 Å². The fraction of sp³-hybridized carbons (Fsp3) is 0.643. The van der Waals surface area contributed by atoms with Gasteiger partial charge in [-0.2, -0.15) is 0 Å². The number of sulfonamides is 1. The van der Waals surface area contributed by atoms with Gasteiger partial charge in [0.25, 0.3) is 0 Å². The van der Waals surface area contributed by atoms with Gasteiger partial charge in [0.15, 0.2) is 0 Å². The molecule has 0 unspecified atom stereocenters. The molecule has 0 aliphatic carbocycles. The lowest BCUT2D eigenvalue weighted by Gasteiger charge is -2.08. The van der Waals surface area contributed by atoms with Gasteiger partial charge in [0.1, 0.15) is 10.0 Å². The molecule has 1 rings (SSSR count). The second-order valence-electron chi connectivity index (χ2n) is 5.29. The van der Waals surface area contributed by atoms with Crippen molar-refractivity contribution in [2.45, 2.75) is 50.8 Å². The van der Waals surface area contributed by atoms with Crippen molar-refractivity contribution in [2.24, 2.45) is 5.92 Å². The van der Waals surface area contributed by atoms with E-state index in [2.05, 4.69) is 23.6 Å². The summed E-state index contributed by atoms with van der Waals surface area (Å²) in [6.07, 6.45) is 6.94. The van der Waals surface area contributed by atoms with Crippen LogP contribution in [0.3, 0.4) is 0 Å². The Morgan fingerprint density at radius 1 is 1.25 bits per heavy atom. The van der Waals surface area contributed by atoms with Gasteiger partial charge in [-0.15, -0.1) is 0 Å². The molecule has 1 heterocycles. The number of unbranched alkanes of at least 4 members (excludes halogenated alkanes) is 3. The number of aromatic nitrogens is 1.